The van der Waals surface area contributed by atoms with Gasteiger partial charge < -0.3 is 16.0 Å². The first-order valence-corrected chi connectivity index (χ1v) is 8.09. The number of nitro benzene ring substituents is 1. The summed E-state index contributed by atoms with van der Waals surface area (Å²) in [5.41, 5.74) is 5.95. The summed E-state index contributed by atoms with van der Waals surface area (Å²) in [5.74, 6) is -0.791. The molecule has 1 aromatic rings. The quantitative estimate of drug-likeness (QED) is 0.626. The molecule has 2 amide bonds. The molecule has 0 atom stereocenters. The van der Waals surface area contributed by atoms with Crippen LogP contribution in [0.1, 0.15) is 36.0 Å². The Hall–Kier alpha value is -2.64. The number of nitrogens with zero attached hydrogens (tertiary/aromatic N) is 2. The van der Waals surface area contributed by atoms with Crippen LogP contribution in [0.2, 0.25) is 0 Å². The average Bonchev–Trinajstić information content (AvgIpc) is 3.38. The number of carbonyl (C=O) groups is 2. The molecule has 128 valence electrons. The van der Waals surface area contributed by atoms with E-state index in [1.165, 1.54) is 6.07 Å². The molecule has 24 heavy (non-hydrogen) atoms. The molecule has 0 bridgehead atoms. The summed E-state index contributed by atoms with van der Waals surface area (Å²) >= 11 is 0. The second-order valence-electron chi connectivity index (χ2n) is 6.38. The molecule has 2 fully saturated rings. The third kappa shape index (κ3) is 3.47. The Morgan fingerprint density at radius 2 is 1.88 bits per heavy atom. The molecule has 8 heteroatoms. The topological polar surface area (TPSA) is 119 Å². The van der Waals surface area contributed by atoms with Gasteiger partial charge in [-0.1, -0.05) is 0 Å². The van der Waals surface area contributed by atoms with Crippen molar-refractivity contribution in [1.29, 1.82) is 0 Å². The van der Waals surface area contributed by atoms with Crippen LogP contribution in [0.3, 0.4) is 0 Å². The van der Waals surface area contributed by atoms with Gasteiger partial charge in [-0.25, -0.2) is 0 Å². The normalized spacial score (nSPS) is 18.2. The largest absolute Gasteiger partial charge is 0.377 e. The van der Waals surface area contributed by atoms with Crippen molar-refractivity contribution in [1.82, 2.24) is 4.90 Å². The Morgan fingerprint density at radius 3 is 2.42 bits per heavy atom. The maximum Gasteiger partial charge on any atom is 0.293 e. The number of hydrogen-bond acceptors (Lipinski definition) is 5. The van der Waals surface area contributed by atoms with Crippen molar-refractivity contribution in [3.05, 3.63) is 33.9 Å². The van der Waals surface area contributed by atoms with Gasteiger partial charge in [-0.15, -0.1) is 0 Å². The minimum absolute atomic E-state index is 0.0835. The van der Waals surface area contributed by atoms with Crippen molar-refractivity contribution < 1.29 is 14.5 Å². The Morgan fingerprint density at radius 1 is 1.21 bits per heavy atom. The molecular weight excluding hydrogens is 312 g/mol. The van der Waals surface area contributed by atoms with Gasteiger partial charge >= 0.3 is 0 Å². The van der Waals surface area contributed by atoms with Gasteiger partial charge in [-0.2, -0.15) is 0 Å². The molecule has 1 saturated heterocycles. The first-order chi connectivity index (χ1) is 11.5. The van der Waals surface area contributed by atoms with E-state index in [0.29, 0.717) is 37.2 Å². The SMILES string of the molecule is NC(=O)C1CCN(C(=O)c2ccc(NC3CC3)c([N+](=O)[O-])c2)CC1. The molecule has 1 saturated carbocycles. The van der Waals surface area contributed by atoms with Crippen LogP contribution in [0.5, 0.6) is 0 Å². The standard InChI is InChI=1S/C16H20N4O4/c17-15(21)10-5-7-19(8-6-10)16(22)11-1-4-13(18-12-2-3-12)14(9-11)20(23)24/h1,4,9-10,12,18H,2-3,5-8H2,(H2,17,21). The summed E-state index contributed by atoms with van der Waals surface area (Å²) in [7, 11) is 0. The van der Waals surface area contributed by atoms with Crippen molar-refractivity contribution >= 4 is 23.2 Å². The molecule has 1 aliphatic carbocycles. The summed E-state index contributed by atoms with van der Waals surface area (Å²) in [5, 5.41) is 14.4. The number of nitro groups is 1. The number of anilines is 1. The maximum atomic E-state index is 12.6. The van der Waals surface area contributed by atoms with E-state index in [4.69, 9.17) is 5.73 Å². The van der Waals surface area contributed by atoms with E-state index in [1.807, 2.05) is 0 Å². The first kappa shape index (κ1) is 16.2. The second kappa shape index (κ2) is 6.46. The molecular formula is C16H20N4O4. The highest BCUT2D eigenvalue weighted by Crippen LogP contribution is 2.32. The Balaban J connectivity index is 1.74. The van der Waals surface area contributed by atoms with Crippen LogP contribution in [-0.2, 0) is 4.79 Å². The predicted molar refractivity (Wildman–Crippen MR) is 87.6 cm³/mol. The Kier molecular flexibility index (Phi) is 4.37. The van der Waals surface area contributed by atoms with Crippen molar-refractivity contribution in [2.75, 3.05) is 18.4 Å². The highest BCUT2D eigenvalue weighted by Gasteiger charge is 2.29. The second-order valence-corrected chi connectivity index (χ2v) is 6.38. The third-order valence-electron chi connectivity index (χ3n) is 4.56. The van der Waals surface area contributed by atoms with Gasteiger partial charge in [0.05, 0.1) is 4.92 Å². The van der Waals surface area contributed by atoms with Crippen LogP contribution in [0.25, 0.3) is 0 Å². The summed E-state index contributed by atoms with van der Waals surface area (Å²) < 4.78 is 0. The minimum atomic E-state index is -0.471. The molecule has 0 aromatic heterocycles. The fourth-order valence-corrected chi connectivity index (χ4v) is 2.94. The minimum Gasteiger partial charge on any atom is -0.377 e. The van der Waals surface area contributed by atoms with Gasteiger partial charge in [0.2, 0.25) is 5.91 Å². The molecule has 3 rings (SSSR count). The first-order valence-electron chi connectivity index (χ1n) is 8.09. The fraction of sp³-hybridized carbons (Fsp3) is 0.500. The van der Waals surface area contributed by atoms with Crippen LogP contribution in [0.4, 0.5) is 11.4 Å². The molecule has 1 aromatic carbocycles. The van der Waals surface area contributed by atoms with Gasteiger partial charge in [0.15, 0.2) is 0 Å². The smallest absolute Gasteiger partial charge is 0.293 e. The fourth-order valence-electron chi connectivity index (χ4n) is 2.94. The lowest BCUT2D eigenvalue weighted by atomic mass is 9.96. The molecule has 2 aliphatic rings. The Bertz CT molecular complexity index is 679. The van der Waals surface area contributed by atoms with Gasteiger partial charge in [0.1, 0.15) is 5.69 Å². The highest BCUT2D eigenvalue weighted by atomic mass is 16.6. The number of primary amides is 1. The lowest BCUT2D eigenvalue weighted by Gasteiger charge is -2.30. The number of likely N-dealkylation sites (tertiary alicyclic amines) is 1. The summed E-state index contributed by atoms with van der Waals surface area (Å²) in [6.07, 6.45) is 3.08. The van der Waals surface area contributed by atoms with Crippen LogP contribution < -0.4 is 11.1 Å². The molecule has 0 radical (unpaired) electrons. The van der Waals surface area contributed by atoms with E-state index < -0.39 is 4.92 Å². The zero-order valence-electron chi connectivity index (χ0n) is 13.2. The van der Waals surface area contributed by atoms with Gasteiger partial charge in [-0.05, 0) is 37.8 Å². The number of rotatable bonds is 5. The summed E-state index contributed by atoms with van der Waals surface area (Å²) in [4.78, 5) is 36.2. The number of carbonyl (C=O) groups excluding carboxylic acids is 2. The number of hydrogen-bond donors (Lipinski definition) is 2. The van der Waals surface area contributed by atoms with Crippen LogP contribution in [0.15, 0.2) is 18.2 Å². The number of nitrogens with one attached hydrogen (secondary N) is 1. The van der Waals surface area contributed by atoms with Crippen molar-refractivity contribution in [2.24, 2.45) is 11.7 Å². The molecule has 8 nitrogen and oxygen atoms in total. The average molecular weight is 332 g/mol. The van der Waals surface area contributed by atoms with Crippen LogP contribution in [-0.4, -0.2) is 40.8 Å². The Labute approximate surface area is 139 Å². The zero-order valence-corrected chi connectivity index (χ0v) is 13.2. The van der Waals surface area contributed by atoms with Crippen molar-refractivity contribution in [3.63, 3.8) is 0 Å². The number of piperidine rings is 1. The van der Waals surface area contributed by atoms with E-state index in [2.05, 4.69) is 5.32 Å². The predicted octanol–water partition coefficient (Wildman–Crippen LogP) is 1.51. The van der Waals surface area contributed by atoms with E-state index in [-0.39, 0.29) is 29.5 Å². The number of benzene rings is 1. The van der Waals surface area contributed by atoms with Crippen molar-refractivity contribution in [3.8, 4) is 0 Å². The highest BCUT2D eigenvalue weighted by molar-refractivity contribution is 5.96. The van der Waals surface area contributed by atoms with E-state index in [9.17, 15) is 19.7 Å². The number of amides is 2. The van der Waals surface area contributed by atoms with E-state index in [0.717, 1.165) is 12.8 Å². The molecule has 1 heterocycles. The van der Waals surface area contributed by atoms with Crippen molar-refractivity contribution in [2.45, 2.75) is 31.7 Å². The van der Waals surface area contributed by atoms with Gasteiger partial charge in [0, 0.05) is 36.7 Å². The molecule has 0 spiro atoms. The van der Waals surface area contributed by atoms with Gasteiger partial charge in [-0.3, -0.25) is 19.7 Å². The van der Waals surface area contributed by atoms with E-state index in [1.54, 1.807) is 17.0 Å². The molecule has 3 N–H and O–H groups in total. The van der Waals surface area contributed by atoms with Crippen LogP contribution in [0, 0.1) is 16.0 Å². The lowest BCUT2D eigenvalue weighted by molar-refractivity contribution is -0.384. The van der Waals surface area contributed by atoms with E-state index >= 15 is 0 Å². The summed E-state index contributed by atoms with van der Waals surface area (Å²) in [6, 6.07) is 4.82. The molecule has 1 aliphatic heterocycles. The summed E-state index contributed by atoms with van der Waals surface area (Å²) in [6.45, 7) is 0.866. The lowest BCUT2D eigenvalue weighted by Crippen LogP contribution is -2.41. The maximum absolute atomic E-state index is 12.6. The van der Waals surface area contributed by atoms with Gasteiger partial charge in [0.25, 0.3) is 11.6 Å². The van der Waals surface area contributed by atoms with Crippen LogP contribution >= 0.6 is 0 Å². The molecule has 0 unspecified atom stereocenters. The monoisotopic (exact) mass is 332 g/mol. The third-order valence-corrected chi connectivity index (χ3v) is 4.56. The number of nitrogens with two attached hydrogens (primary N) is 1. The zero-order chi connectivity index (χ0) is 17.3.